The summed E-state index contributed by atoms with van der Waals surface area (Å²) in [6, 6.07) is 2.94. The van der Waals surface area contributed by atoms with Crippen molar-refractivity contribution in [2.45, 2.75) is 38.6 Å². The molecule has 21 heavy (non-hydrogen) atoms. The van der Waals surface area contributed by atoms with Gasteiger partial charge in [-0.25, -0.2) is 22.9 Å². The fourth-order valence-corrected chi connectivity index (χ4v) is 4.03. The first kappa shape index (κ1) is 15.9. The highest BCUT2D eigenvalue weighted by molar-refractivity contribution is 7.89. The minimum atomic E-state index is -3.30. The van der Waals surface area contributed by atoms with Crippen molar-refractivity contribution in [3.8, 4) is 0 Å². The Hall–Kier alpha value is -1.47. The lowest BCUT2D eigenvalue weighted by Crippen LogP contribution is -2.30. The number of nitrogens with zero attached hydrogens (tertiary/aromatic N) is 1. The van der Waals surface area contributed by atoms with Crippen LogP contribution in [0.1, 0.15) is 48.2 Å². The zero-order valence-electron chi connectivity index (χ0n) is 11.8. The molecule has 0 atom stereocenters. The minimum absolute atomic E-state index is 0.0520. The number of hydrogen-bond acceptors (Lipinski definition) is 4. The van der Waals surface area contributed by atoms with E-state index in [4.69, 9.17) is 5.11 Å². The van der Waals surface area contributed by atoms with Gasteiger partial charge in [0, 0.05) is 12.7 Å². The molecule has 1 aromatic heterocycles. The van der Waals surface area contributed by atoms with Gasteiger partial charge in [0.2, 0.25) is 10.0 Å². The smallest absolute Gasteiger partial charge is 0.354 e. The molecule has 1 saturated carbocycles. The Labute approximate surface area is 124 Å². The molecular formula is C14H20N2O4S. The zero-order chi connectivity index (χ0) is 15.3. The average Bonchev–Trinajstić information content (AvgIpc) is 2.46. The maximum absolute atomic E-state index is 12.0. The van der Waals surface area contributed by atoms with Crippen molar-refractivity contribution in [2.24, 2.45) is 5.92 Å². The molecule has 1 aliphatic carbocycles. The first-order valence-corrected chi connectivity index (χ1v) is 8.77. The molecule has 0 spiro atoms. The van der Waals surface area contributed by atoms with E-state index in [1.165, 1.54) is 18.7 Å². The molecule has 2 N–H and O–H groups in total. The Kier molecular flexibility index (Phi) is 5.30. The summed E-state index contributed by atoms with van der Waals surface area (Å²) < 4.78 is 26.6. The molecule has 7 heteroatoms. The normalized spacial score (nSPS) is 16.8. The molecular weight excluding hydrogens is 292 g/mol. The lowest BCUT2D eigenvalue weighted by Gasteiger charge is -2.21. The van der Waals surface area contributed by atoms with E-state index in [0.29, 0.717) is 5.56 Å². The van der Waals surface area contributed by atoms with Crippen LogP contribution in [-0.2, 0) is 16.6 Å². The fourth-order valence-electron chi connectivity index (χ4n) is 2.57. The molecule has 0 aliphatic heterocycles. The van der Waals surface area contributed by atoms with Crippen LogP contribution in [0.5, 0.6) is 0 Å². The van der Waals surface area contributed by atoms with Crippen molar-refractivity contribution in [1.82, 2.24) is 9.71 Å². The molecule has 0 unspecified atom stereocenters. The third kappa shape index (κ3) is 5.09. The Morgan fingerprint density at radius 3 is 2.57 bits per heavy atom. The summed E-state index contributed by atoms with van der Waals surface area (Å²) in [5, 5.41) is 8.74. The fraction of sp³-hybridized carbons (Fsp3) is 0.571. The van der Waals surface area contributed by atoms with E-state index < -0.39 is 16.0 Å². The van der Waals surface area contributed by atoms with Gasteiger partial charge in [-0.1, -0.05) is 25.3 Å². The molecule has 0 aromatic carbocycles. The van der Waals surface area contributed by atoms with Crippen LogP contribution in [0.4, 0.5) is 0 Å². The second-order valence-corrected chi connectivity index (χ2v) is 7.31. The molecule has 1 fully saturated rings. The van der Waals surface area contributed by atoms with Gasteiger partial charge in [-0.3, -0.25) is 0 Å². The number of aromatic carboxylic acids is 1. The Morgan fingerprint density at radius 2 is 2.00 bits per heavy atom. The minimum Gasteiger partial charge on any atom is -0.477 e. The molecule has 0 amide bonds. The van der Waals surface area contributed by atoms with Crippen molar-refractivity contribution in [1.29, 1.82) is 0 Å². The molecule has 6 nitrogen and oxygen atoms in total. The molecule has 0 bridgehead atoms. The van der Waals surface area contributed by atoms with Gasteiger partial charge in [0.15, 0.2) is 0 Å². The van der Waals surface area contributed by atoms with E-state index >= 15 is 0 Å². The number of pyridine rings is 1. The number of hydrogen-bond donors (Lipinski definition) is 2. The highest BCUT2D eigenvalue weighted by Crippen LogP contribution is 2.24. The number of carbonyl (C=O) groups is 1. The highest BCUT2D eigenvalue weighted by Gasteiger charge is 2.21. The molecule has 1 heterocycles. The van der Waals surface area contributed by atoms with E-state index in [2.05, 4.69) is 9.71 Å². The SMILES string of the molecule is O=C(O)c1ccc(CNS(=O)(=O)CC2CCCCC2)cn1. The predicted molar refractivity (Wildman–Crippen MR) is 78.4 cm³/mol. The van der Waals surface area contributed by atoms with E-state index in [9.17, 15) is 13.2 Å². The first-order valence-electron chi connectivity index (χ1n) is 7.12. The van der Waals surface area contributed by atoms with Crippen LogP contribution >= 0.6 is 0 Å². The standard InChI is InChI=1S/C14H20N2O4S/c17-14(18)13-7-6-12(8-15-13)9-16-21(19,20)10-11-4-2-1-3-5-11/h6-8,11,16H,1-5,9-10H2,(H,17,18). The van der Waals surface area contributed by atoms with Crippen LogP contribution in [0.2, 0.25) is 0 Å². The molecule has 0 radical (unpaired) electrons. The topological polar surface area (TPSA) is 96.4 Å². The van der Waals surface area contributed by atoms with Gasteiger partial charge in [0.1, 0.15) is 5.69 Å². The Bertz CT molecular complexity index is 577. The molecule has 1 aliphatic rings. The van der Waals surface area contributed by atoms with Crippen LogP contribution in [0, 0.1) is 5.92 Å². The van der Waals surface area contributed by atoms with E-state index in [-0.39, 0.29) is 23.9 Å². The number of sulfonamides is 1. The van der Waals surface area contributed by atoms with Crippen LogP contribution in [0.25, 0.3) is 0 Å². The third-order valence-corrected chi connectivity index (χ3v) is 5.21. The second kappa shape index (κ2) is 7.00. The van der Waals surface area contributed by atoms with Gasteiger partial charge in [0.05, 0.1) is 5.75 Å². The summed E-state index contributed by atoms with van der Waals surface area (Å²) in [6.45, 7) is 0.141. The van der Waals surface area contributed by atoms with Crippen LogP contribution < -0.4 is 4.72 Å². The lowest BCUT2D eigenvalue weighted by atomic mass is 9.91. The number of aromatic nitrogens is 1. The van der Waals surface area contributed by atoms with Crippen LogP contribution in [0.15, 0.2) is 18.3 Å². The Balaban J connectivity index is 1.87. The summed E-state index contributed by atoms with van der Waals surface area (Å²) in [6.07, 6.45) is 6.77. The number of carboxylic acid groups (broad SMARTS) is 1. The lowest BCUT2D eigenvalue weighted by molar-refractivity contribution is 0.0690. The predicted octanol–water partition coefficient (Wildman–Crippen LogP) is 1.78. The second-order valence-electron chi connectivity index (χ2n) is 5.46. The van der Waals surface area contributed by atoms with Gasteiger partial charge in [-0.15, -0.1) is 0 Å². The summed E-state index contributed by atoms with van der Waals surface area (Å²) in [5.41, 5.74) is 0.594. The Morgan fingerprint density at radius 1 is 1.29 bits per heavy atom. The largest absolute Gasteiger partial charge is 0.477 e. The monoisotopic (exact) mass is 312 g/mol. The van der Waals surface area contributed by atoms with Crippen molar-refractivity contribution in [3.63, 3.8) is 0 Å². The quantitative estimate of drug-likeness (QED) is 0.834. The van der Waals surface area contributed by atoms with Crippen molar-refractivity contribution >= 4 is 16.0 Å². The highest BCUT2D eigenvalue weighted by atomic mass is 32.2. The van der Waals surface area contributed by atoms with Crippen LogP contribution in [-0.4, -0.2) is 30.2 Å². The van der Waals surface area contributed by atoms with Gasteiger partial charge in [-0.05, 0) is 30.4 Å². The number of carboxylic acids is 1. The van der Waals surface area contributed by atoms with Gasteiger partial charge in [-0.2, -0.15) is 0 Å². The van der Waals surface area contributed by atoms with E-state index in [0.717, 1.165) is 25.7 Å². The van der Waals surface area contributed by atoms with Crippen LogP contribution in [0.3, 0.4) is 0 Å². The third-order valence-electron chi connectivity index (χ3n) is 3.72. The average molecular weight is 312 g/mol. The summed E-state index contributed by atoms with van der Waals surface area (Å²) in [7, 11) is -3.30. The first-order chi connectivity index (χ1) is 9.96. The van der Waals surface area contributed by atoms with Crippen molar-refractivity contribution in [3.05, 3.63) is 29.6 Å². The molecule has 116 valence electrons. The molecule has 1 aromatic rings. The maximum atomic E-state index is 12.0. The van der Waals surface area contributed by atoms with E-state index in [1.807, 2.05) is 0 Å². The molecule has 0 saturated heterocycles. The number of nitrogens with one attached hydrogen (secondary N) is 1. The van der Waals surface area contributed by atoms with Gasteiger partial charge in [0.25, 0.3) is 0 Å². The van der Waals surface area contributed by atoms with Gasteiger partial charge >= 0.3 is 5.97 Å². The summed E-state index contributed by atoms with van der Waals surface area (Å²) in [4.78, 5) is 14.4. The van der Waals surface area contributed by atoms with E-state index in [1.54, 1.807) is 6.07 Å². The summed E-state index contributed by atoms with van der Waals surface area (Å²) in [5.74, 6) is -0.670. The molecule has 2 rings (SSSR count). The number of rotatable bonds is 6. The zero-order valence-corrected chi connectivity index (χ0v) is 12.6. The van der Waals surface area contributed by atoms with Gasteiger partial charge < -0.3 is 5.11 Å². The van der Waals surface area contributed by atoms with Crippen molar-refractivity contribution < 1.29 is 18.3 Å². The maximum Gasteiger partial charge on any atom is 0.354 e. The van der Waals surface area contributed by atoms with Crippen molar-refractivity contribution in [2.75, 3.05) is 5.75 Å². The summed E-state index contributed by atoms with van der Waals surface area (Å²) >= 11 is 0.